The summed E-state index contributed by atoms with van der Waals surface area (Å²) in [5.74, 6) is 1.60. The summed E-state index contributed by atoms with van der Waals surface area (Å²) >= 11 is 0. The van der Waals surface area contributed by atoms with Crippen molar-refractivity contribution in [2.24, 2.45) is 5.41 Å². The summed E-state index contributed by atoms with van der Waals surface area (Å²) in [7, 11) is 0. The molecule has 4 aromatic rings. The van der Waals surface area contributed by atoms with Gasteiger partial charge in [0, 0.05) is 92.4 Å². The van der Waals surface area contributed by atoms with Gasteiger partial charge in [0.2, 0.25) is 11.9 Å². The lowest BCUT2D eigenvalue weighted by Gasteiger charge is -2.41. The topological polar surface area (TPSA) is 145 Å². The van der Waals surface area contributed by atoms with Crippen molar-refractivity contribution in [3.8, 4) is 28.3 Å². The van der Waals surface area contributed by atoms with Crippen molar-refractivity contribution in [1.82, 2.24) is 34.8 Å². The van der Waals surface area contributed by atoms with Gasteiger partial charge in [0.15, 0.2) is 0 Å². The van der Waals surface area contributed by atoms with E-state index < -0.39 is 5.60 Å². The van der Waals surface area contributed by atoms with E-state index in [1.165, 1.54) is 0 Å². The molecule has 2 aliphatic rings. The third-order valence-electron chi connectivity index (χ3n) is 9.60. The molecule has 6 rings (SSSR count). The third-order valence-corrected chi connectivity index (χ3v) is 9.60. The minimum Gasteiger partial charge on any atom is -0.444 e. The predicted molar refractivity (Wildman–Crippen MR) is 192 cm³/mol. The number of pyridine rings is 2. The number of nitrogens with one attached hydrogen (secondary N) is 1. The molecule has 262 valence electrons. The van der Waals surface area contributed by atoms with Crippen LogP contribution in [-0.2, 0) is 9.53 Å². The highest BCUT2D eigenvalue weighted by molar-refractivity contribution is 5.87. The number of piperazine rings is 1. The quantitative estimate of drug-likeness (QED) is 0.273. The van der Waals surface area contributed by atoms with Crippen LogP contribution in [0.2, 0.25) is 0 Å². The van der Waals surface area contributed by atoms with Crippen LogP contribution < -0.4 is 15.1 Å². The molecule has 0 spiro atoms. The fourth-order valence-corrected chi connectivity index (χ4v) is 6.68. The van der Waals surface area contributed by atoms with Gasteiger partial charge in [-0.05, 0) is 72.1 Å². The zero-order chi connectivity index (χ0) is 35.6. The minimum absolute atomic E-state index is 0.118. The first-order chi connectivity index (χ1) is 23.9. The second-order valence-corrected chi connectivity index (χ2v) is 14.5. The number of rotatable bonds is 7. The Hall–Kier alpha value is -5.25. The van der Waals surface area contributed by atoms with Crippen molar-refractivity contribution in [1.29, 1.82) is 5.26 Å². The third kappa shape index (κ3) is 7.20. The largest absolute Gasteiger partial charge is 0.444 e. The summed E-state index contributed by atoms with van der Waals surface area (Å²) in [6.45, 7) is 15.5. The number of anilines is 2. The highest BCUT2D eigenvalue weighted by atomic mass is 16.6. The highest BCUT2D eigenvalue weighted by Crippen LogP contribution is 2.37. The summed E-state index contributed by atoms with van der Waals surface area (Å²) in [5, 5.41) is 17.5. The van der Waals surface area contributed by atoms with Crippen LogP contribution in [0.3, 0.4) is 0 Å². The molecule has 0 saturated carbocycles. The molecule has 0 aliphatic carbocycles. The van der Waals surface area contributed by atoms with Gasteiger partial charge < -0.3 is 24.8 Å². The van der Waals surface area contributed by atoms with Crippen LogP contribution in [0.5, 0.6) is 0 Å². The predicted octanol–water partition coefficient (Wildman–Crippen LogP) is 5.30. The number of ether oxygens (including phenoxy) is 1. The van der Waals surface area contributed by atoms with Gasteiger partial charge in [-0.2, -0.15) is 10.4 Å². The molecule has 4 aromatic heterocycles. The highest BCUT2D eigenvalue weighted by Gasteiger charge is 2.40. The first kappa shape index (κ1) is 34.6. The lowest BCUT2D eigenvalue weighted by atomic mass is 9.75. The molecule has 50 heavy (non-hydrogen) atoms. The molecule has 2 amide bonds. The van der Waals surface area contributed by atoms with Crippen LogP contribution in [0.15, 0.2) is 49.2 Å². The lowest BCUT2D eigenvalue weighted by molar-refractivity contribution is -0.133. The second kappa shape index (κ2) is 13.9. The second-order valence-electron chi connectivity index (χ2n) is 14.5. The maximum Gasteiger partial charge on any atom is 0.410 e. The van der Waals surface area contributed by atoms with Crippen molar-refractivity contribution in [2.75, 3.05) is 49.1 Å². The van der Waals surface area contributed by atoms with Gasteiger partial charge in [0.25, 0.3) is 0 Å². The van der Waals surface area contributed by atoms with Crippen LogP contribution in [-0.4, -0.2) is 92.4 Å². The van der Waals surface area contributed by atoms with E-state index in [0.29, 0.717) is 43.2 Å². The molecule has 0 bridgehead atoms. The maximum atomic E-state index is 13.0. The van der Waals surface area contributed by atoms with Crippen molar-refractivity contribution in [3.63, 3.8) is 0 Å². The Morgan fingerprint density at radius 2 is 1.62 bits per heavy atom. The Kier molecular flexibility index (Phi) is 9.64. The number of aromatic nitrogens is 5. The molecular formula is C37H46N10O3. The molecule has 13 heteroatoms. The van der Waals surface area contributed by atoms with Crippen LogP contribution in [0.1, 0.15) is 66.4 Å². The summed E-state index contributed by atoms with van der Waals surface area (Å²) in [6.07, 6.45) is 10.9. The van der Waals surface area contributed by atoms with Crippen molar-refractivity contribution >= 4 is 29.3 Å². The van der Waals surface area contributed by atoms with E-state index in [1.807, 2.05) is 65.2 Å². The number of nitriles is 1. The first-order valence-electron chi connectivity index (χ1n) is 17.4. The Morgan fingerprint density at radius 3 is 2.20 bits per heavy atom. The number of carbonyl (C=O) groups excluding carboxylic acids is 2. The van der Waals surface area contributed by atoms with E-state index in [1.54, 1.807) is 28.0 Å². The van der Waals surface area contributed by atoms with Gasteiger partial charge in [-0.25, -0.2) is 24.3 Å². The monoisotopic (exact) mass is 678 g/mol. The normalized spacial score (nSPS) is 16.4. The summed E-state index contributed by atoms with van der Waals surface area (Å²) < 4.78 is 7.24. The van der Waals surface area contributed by atoms with Gasteiger partial charge in [-0.1, -0.05) is 6.92 Å². The number of carbonyl (C=O) groups is 2. The molecular weight excluding hydrogens is 632 g/mol. The van der Waals surface area contributed by atoms with Gasteiger partial charge in [-0.15, -0.1) is 0 Å². The van der Waals surface area contributed by atoms with Gasteiger partial charge in [0.1, 0.15) is 17.5 Å². The van der Waals surface area contributed by atoms with Crippen LogP contribution in [0, 0.1) is 16.7 Å². The van der Waals surface area contributed by atoms with Crippen LogP contribution >= 0.6 is 0 Å². The van der Waals surface area contributed by atoms with Crippen molar-refractivity contribution < 1.29 is 14.3 Å². The fourth-order valence-electron chi connectivity index (χ4n) is 6.68. The van der Waals surface area contributed by atoms with E-state index in [2.05, 4.69) is 43.2 Å². The summed E-state index contributed by atoms with van der Waals surface area (Å²) in [5.41, 5.74) is 3.62. The van der Waals surface area contributed by atoms with E-state index in [4.69, 9.17) is 9.72 Å². The molecule has 0 aromatic carbocycles. The zero-order valence-corrected chi connectivity index (χ0v) is 29.8. The van der Waals surface area contributed by atoms with E-state index >= 15 is 0 Å². The molecule has 0 radical (unpaired) electrons. The average Bonchev–Trinajstić information content (AvgIpc) is 3.54. The minimum atomic E-state index is -0.535. The number of hydrogen-bond acceptors (Lipinski definition) is 10. The Morgan fingerprint density at radius 1 is 0.940 bits per heavy atom. The summed E-state index contributed by atoms with van der Waals surface area (Å²) in [4.78, 5) is 45.7. The standard InChI is InChI=1S/C37H46N10O3/c1-7-37(33(48)43-25(2)3)10-12-44(13-11-37)31-9-8-26(20-39-31)30-18-27(24-47-32(30)28(19-38)23-42-47)29-21-40-34(41-22-29)45-14-16-46(17-15-45)35(49)50-36(4,5)6/h8-9,18,20-25H,7,10-17H2,1-6H3,(H,43,48). The molecule has 6 heterocycles. The SMILES string of the molecule is CCC1(C(=O)NC(C)C)CCN(c2ccc(-c3cc(-c4cnc(N5CCN(C(=O)OC(C)(C)C)CC5)nc4)cn4ncc(C#N)c34)cn2)CC1. The van der Waals surface area contributed by atoms with Gasteiger partial charge in [0.05, 0.1) is 22.7 Å². The Bertz CT molecular complexity index is 1870. The maximum absolute atomic E-state index is 13.0. The molecule has 2 saturated heterocycles. The van der Waals surface area contributed by atoms with E-state index in [9.17, 15) is 14.9 Å². The molecule has 1 N–H and O–H groups in total. The lowest BCUT2D eigenvalue weighted by Crippen LogP contribution is -2.50. The van der Waals surface area contributed by atoms with E-state index in [-0.39, 0.29) is 23.5 Å². The molecule has 0 atom stereocenters. The number of amides is 2. The number of nitrogens with zero attached hydrogens (tertiary/aromatic N) is 9. The van der Waals surface area contributed by atoms with Crippen LogP contribution in [0.4, 0.5) is 16.6 Å². The van der Waals surface area contributed by atoms with Gasteiger partial charge >= 0.3 is 6.09 Å². The number of fused-ring (bicyclic) bond motifs is 1. The van der Waals surface area contributed by atoms with Crippen molar-refractivity contribution in [3.05, 3.63) is 54.7 Å². The Labute approximate surface area is 293 Å². The van der Waals surface area contributed by atoms with Gasteiger partial charge in [-0.3, -0.25) is 4.79 Å². The molecule has 2 aliphatic heterocycles. The van der Waals surface area contributed by atoms with E-state index in [0.717, 1.165) is 60.4 Å². The van der Waals surface area contributed by atoms with Crippen molar-refractivity contribution in [2.45, 2.75) is 72.4 Å². The molecule has 2 fully saturated rings. The fraction of sp³-hybridized carbons (Fsp3) is 0.486. The summed E-state index contributed by atoms with van der Waals surface area (Å²) in [6, 6.07) is 8.45. The Balaban J connectivity index is 1.19. The zero-order valence-electron chi connectivity index (χ0n) is 29.8. The first-order valence-corrected chi connectivity index (χ1v) is 17.4. The van der Waals surface area contributed by atoms with Crippen LogP contribution in [0.25, 0.3) is 27.8 Å². The molecule has 0 unspecified atom stereocenters. The number of piperidine rings is 1. The average molecular weight is 679 g/mol. The smallest absolute Gasteiger partial charge is 0.410 e. The molecule has 13 nitrogen and oxygen atoms in total. The number of hydrogen-bond donors (Lipinski definition) is 1.